The van der Waals surface area contributed by atoms with Crippen LogP contribution in [-0.2, 0) is 11.2 Å². The molecular formula is C21H27NO. The summed E-state index contributed by atoms with van der Waals surface area (Å²) in [4.78, 5) is 12.5. The van der Waals surface area contributed by atoms with E-state index in [1.807, 2.05) is 32.9 Å². The maximum Gasteiger partial charge on any atom is 0.231 e. The fraction of sp³-hybridized carbons (Fsp3) is 0.381. The minimum atomic E-state index is -0.164. The zero-order valence-electron chi connectivity index (χ0n) is 14.8. The number of carbonyl (C=O) groups is 1. The maximum atomic E-state index is 12.5. The molecule has 0 aliphatic heterocycles. The van der Waals surface area contributed by atoms with Gasteiger partial charge in [-0.3, -0.25) is 4.79 Å². The third kappa shape index (κ3) is 4.69. The summed E-state index contributed by atoms with van der Waals surface area (Å²) in [6.07, 6.45) is 1.07. The van der Waals surface area contributed by atoms with Crippen LogP contribution in [0, 0.1) is 19.8 Å². The molecule has 0 radical (unpaired) electrons. The molecule has 1 amide bonds. The summed E-state index contributed by atoms with van der Waals surface area (Å²) in [7, 11) is 0. The van der Waals surface area contributed by atoms with Gasteiger partial charge in [-0.1, -0.05) is 50.2 Å². The van der Waals surface area contributed by atoms with Crippen LogP contribution in [0.15, 0.2) is 42.5 Å². The number of rotatable bonds is 5. The van der Waals surface area contributed by atoms with Crippen LogP contribution in [0.4, 0.5) is 5.69 Å². The van der Waals surface area contributed by atoms with Gasteiger partial charge in [-0.25, -0.2) is 0 Å². The van der Waals surface area contributed by atoms with Crippen molar-refractivity contribution >= 4 is 11.6 Å². The molecule has 2 nitrogen and oxygen atoms in total. The first-order valence-electron chi connectivity index (χ1n) is 8.33. The summed E-state index contributed by atoms with van der Waals surface area (Å²) < 4.78 is 0. The second-order valence-electron chi connectivity index (χ2n) is 6.87. The first-order chi connectivity index (χ1) is 10.9. The molecule has 2 heteroatoms. The van der Waals surface area contributed by atoms with Crippen molar-refractivity contribution in [1.29, 1.82) is 0 Å². The summed E-state index contributed by atoms with van der Waals surface area (Å²) in [6.45, 7) is 10.4. The molecule has 0 aliphatic rings. The van der Waals surface area contributed by atoms with Gasteiger partial charge in [0, 0.05) is 5.69 Å². The molecule has 0 aliphatic carbocycles. The fourth-order valence-electron chi connectivity index (χ4n) is 2.68. The van der Waals surface area contributed by atoms with Crippen molar-refractivity contribution in [2.75, 3.05) is 5.32 Å². The number of hydrogen-bond acceptors (Lipinski definition) is 1. The molecule has 0 heterocycles. The van der Waals surface area contributed by atoms with Crippen LogP contribution < -0.4 is 5.32 Å². The molecule has 0 bridgehead atoms. The van der Waals surface area contributed by atoms with E-state index < -0.39 is 0 Å². The smallest absolute Gasteiger partial charge is 0.231 e. The number of hydrogen-bond donors (Lipinski definition) is 1. The molecule has 2 aromatic rings. The van der Waals surface area contributed by atoms with Crippen LogP contribution in [0.5, 0.6) is 0 Å². The second kappa shape index (κ2) is 7.45. The molecule has 122 valence electrons. The predicted octanol–water partition coefficient (Wildman–Crippen LogP) is 5.24. The van der Waals surface area contributed by atoms with E-state index in [0.717, 1.165) is 28.8 Å². The zero-order valence-corrected chi connectivity index (χ0v) is 14.8. The van der Waals surface area contributed by atoms with Crippen LogP contribution in [0.2, 0.25) is 0 Å². The number of carbonyl (C=O) groups excluding carboxylic acids is 1. The van der Waals surface area contributed by atoms with Crippen molar-refractivity contribution in [3.05, 3.63) is 64.7 Å². The summed E-state index contributed by atoms with van der Waals surface area (Å²) in [6, 6.07) is 14.5. The van der Waals surface area contributed by atoms with E-state index in [-0.39, 0.29) is 11.8 Å². The Morgan fingerprint density at radius 2 is 1.65 bits per heavy atom. The molecule has 1 N–H and O–H groups in total. The van der Waals surface area contributed by atoms with Crippen LogP contribution >= 0.6 is 0 Å². The normalized spacial score (nSPS) is 12.3. The van der Waals surface area contributed by atoms with E-state index in [1.54, 1.807) is 0 Å². The quantitative estimate of drug-likeness (QED) is 0.803. The number of benzene rings is 2. The lowest BCUT2D eigenvalue weighted by Crippen LogP contribution is -2.19. The third-order valence-electron chi connectivity index (χ3n) is 4.17. The number of nitrogens with one attached hydrogen (secondary N) is 1. The molecule has 2 aromatic carbocycles. The highest BCUT2D eigenvalue weighted by atomic mass is 16.1. The maximum absolute atomic E-state index is 12.5. The van der Waals surface area contributed by atoms with Crippen LogP contribution in [-0.4, -0.2) is 5.91 Å². The Balaban J connectivity index is 2.08. The largest absolute Gasteiger partial charge is 0.325 e. The molecule has 0 saturated heterocycles. The van der Waals surface area contributed by atoms with Gasteiger partial charge in [0.2, 0.25) is 5.91 Å². The number of anilines is 1. The van der Waals surface area contributed by atoms with Gasteiger partial charge in [-0.15, -0.1) is 0 Å². The molecule has 0 spiro atoms. The van der Waals surface area contributed by atoms with E-state index >= 15 is 0 Å². The summed E-state index contributed by atoms with van der Waals surface area (Å²) in [5, 5.41) is 3.06. The predicted molar refractivity (Wildman–Crippen MR) is 97.9 cm³/mol. The van der Waals surface area contributed by atoms with Gasteiger partial charge in [0.25, 0.3) is 0 Å². The average molecular weight is 309 g/mol. The van der Waals surface area contributed by atoms with Crippen LogP contribution in [0.1, 0.15) is 48.9 Å². The lowest BCUT2D eigenvalue weighted by atomic mass is 9.96. The number of aryl methyl sites for hydroxylation is 2. The third-order valence-corrected chi connectivity index (χ3v) is 4.17. The summed E-state index contributed by atoms with van der Waals surface area (Å²) in [5.74, 6) is 0.518. The lowest BCUT2D eigenvalue weighted by Gasteiger charge is -2.15. The van der Waals surface area contributed by atoms with Gasteiger partial charge >= 0.3 is 0 Å². The van der Waals surface area contributed by atoms with Crippen molar-refractivity contribution < 1.29 is 4.79 Å². The Labute approximate surface area is 139 Å². The van der Waals surface area contributed by atoms with Crippen molar-refractivity contribution in [2.45, 2.75) is 47.0 Å². The van der Waals surface area contributed by atoms with E-state index in [4.69, 9.17) is 0 Å². The van der Waals surface area contributed by atoms with Crippen LogP contribution in [0.3, 0.4) is 0 Å². The van der Waals surface area contributed by atoms with E-state index in [9.17, 15) is 4.79 Å². The van der Waals surface area contributed by atoms with Gasteiger partial charge < -0.3 is 5.32 Å². The summed E-state index contributed by atoms with van der Waals surface area (Å²) >= 11 is 0. The first-order valence-corrected chi connectivity index (χ1v) is 8.33. The Morgan fingerprint density at radius 1 is 1.00 bits per heavy atom. The molecular weight excluding hydrogens is 282 g/mol. The van der Waals surface area contributed by atoms with Gasteiger partial charge in [-0.2, -0.15) is 0 Å². The van der Waals surface area contributed by atoms with E-state index in [2.05, 4.69) is 49.5 Å². The minimum absolute atomic E-state index is 0.0373. The first kappa shape index (κ1) is 17.3. The van der Waals surface area contributed by atoms with E-state index in [0.29, 0.717) is 5.92 Å². The van der Waals surface area contributed by atoms with Crippen molar-refractivity contribution in [2.24, 2.45) is 5.92 Å². The highest BCUT2D eigenvalue weighted by Crippen LogP contribution is 2.22. The standard InChI is InChI=1S/C21H27NO/c1-14(2)12-18-8-10-19(11-9-18)17(5)21(23)22-20-13-15(3)6-7-16(20)4/h6-11,13-14,17H,12H2,1-5H3,(H,22,23). The number of amides is 1. The van der Waals surface area contributed by atoms with Gasteiger partial charge in [-0.05, 0) is 61.4 Å². The molecule has 0 aromatic heterocycles. The zero-order chi connectivity index (χ0) is 17.0. The summed E-state index contributed by atoms with van der Waals surface area (Å²) in [5.41, 5.74) is 5.52. The Bertz CT molecular complexity index is 671. The molecule has 23 heavy (non-hydrogen) atoms. The van der Waals surface area contributed by atoms with Crippen molar-refractivity contribution in [1.82, 2.24) is 0 Å². The molecule has 0 saturated carbocycles. The highest BCUT2D eigenvalue weighted by molar-refractivity contribution is 5.96. The highest BCUT2D eigenvalue weighted by Gasteiger charge is 2.16. The lowest BCUT2D eigenvalue weighted by molar-refractivity contribution is -0.117. The second-order valence-corrected chi connectivity index (χ2v) is 6.87. The average Bonchev–Trinajstić information content (AvgIpc) is 2.50. The van der Waals surface area contributed by atoms with E-state index in [1.165, 1.54) is 5.56 Å². The molecule has 0 fully saturated rings. The molecule has 1 unspecified atom stereocenters. The van der Waals surface area contributed by atoms with Crippen LogP contribution in [0.25, 0.3) is 0 Å². The van der Waals surface area contributed by atoms with Crippen molar-refractivity contribution in [3.63, 3.8) is 0 Å². The van der Waals surface area contributed by atoms with Gasteiger partial charge in [0.1, 0.15) is 0 Å². The minimum Gasteiger partial charge on any atom is -0.325 e. The topological polar surface area (TPSA) is 29.1 Å². The Hall–Kier alpha value is -2.09. The van der Waals surface area contributed by atoms with Crippen molar-refractivity contribution in [3.8, 4) is 0 Å². The van der Waals surface area contributed by atoms with Gasteiger partial charge in [0.15, 0.2) is 0 Å². The SMILES string of the molecule is Cc1ccc(C)c(NC(=O)C(C)c2ccc(CC(C)C)cc2)c1. The Morgan fingerprint density at radius 3 is 2.26 bits per heavy atom. The molecule has 1 atom stereocenters. The molecule has 2 rings (SSSR count). The van der Waals surface area contributed by atoms with Gasteiger partial charge in [0.05, 0.1) is 5.92 Å². The Kier molecular flexibility index (Phi) is 5.59. The monoisotopic (exact) mass is 309 g/mol. The fourth-order valence-corrected chi connectivity index (χ4v) is 2.68.